The van der Waals surface area contributed by atoms with Crippen molar-refractivity contribution < 1.29 is 19.0 Å². The number of hydrogen-bond donors (Lipinski definition) is 1. The Bertz CT molecular complexity index is 1130. The fraction of sp³-hybridized carbons (Fsp3) is 0.280. The van der Waals surface area contributed by atoms with Crippen molar-refractivity contribution in [3.05, 3.63) is 66.0 Å². The molecule has 0 aliphatic carbocycles. The van der Waals surface area contributed by atoms with Gasteiger partial charge in [0.1, 0.15) is 17.7 Å². The van der Waals surface area contributed by atoms with Gasteiger partial charge in [0.25, 0.3) is 0 Å². The molecule has 0 spiro atoms. The van der Waals surface area contributed by atoms with Crippen molar-refractivity contribution >= 4 is 28.8 Å². The molecule has 5 nitrogen and oxygen atoms in total. The largest absolute Gasteiger partial charge is 0.458 e. The highest BCUT2D eigenvalue weighted by Crippen LogP contribution is 2.37. The van der Waals surface area contributed by atoms with Gasteiger partial charge in [0, 0.05) is 36.5 Å². The molecule has 1 aliphatic heterocycles. The van der Waals surface area contributed by atoms with E-state index in [9.17, 15) is 14.3 Å². The van der Waals surface area contributed by atoms with Gasteiger partial charge in [-0.15, -0.1) is 0 Å². The number of hydrogen-bond acceptors (Lipinski definition) is 5. The highest BCUT2D eigenvalue weighted by molar-refractivity contribution is 6.01. The zero-order valence-electron chi connectivity index (χ0n) is 17.6. The summed E-state index contributed by atoms with van der Waals surface area (Å²) in [5, 5.41) is 10.9. The van der Waals surface area contributed by atoms with Crippen molar-refractivity contribution in [2.24, 2.45) is 0 Å². The lowest BCUT2D eigenvalue weighted by atomic mass is 9.94. The Morgan fingerprint density at radius 1 is 1.23 bits per heavy atom. The van der Waals surface area contributed by atoms with E-state index in [0.717, 1.165) is 40.0 Å². The van der Waals surface area contributed by atoms with Gasteiger partial charge in [-0.05, 0) is 36.8 Å². The number of pyridine rings is 1. The number of cyclic esters (lactones) is 1. The summed E-state index contributed by atoms with van der Waals surface area (Å²) in [6, 6.07) is 14.3. The van der Waals surface area contributed by atoms with Gasteiger partial charge < -0.3 is 14.7 Å². The van der Waals surface area contributed by atoms with E-state index in [1.54, 1.807) is 18.2 Å². The summed E-state index contributed by atoms with van der Waals surface area (Å²) in [6.45, 7) is 2.79. The monoisotopic (exact) mass is 420 g/mol. The minimum Gasteiger partial charge on any atom is -0.458 e. The number of benzene rings is 2. The second-order valence-corrected chi connectivity index (χ2v) is 7.74. The van der Waals surface area contributed by atoms with E-state index in [1.807, 2.05) is 49.2 Å². The number of fused-ring (bicyclic) bond motifs is 1. The van der Waals surface area contributed by atoms with Gasteiger partial charge in [-0.3, -0.25) is 4.79 Å². The fourth-order valence-corrected chi connectivity index (χ4v) is 3.87. The van der Waals surface area contributed by atoms with Crippen molar-refractivity contribution in [3.8, 4) is 11.1 Å². The van der Waals surface area contributed by atoms with Gasteiger partial charge in [0.2, 0.25) is 0 Å². The van der Waals surface area contributed by atoms with E-state index in [1.165, 1.54) is 12.1 Å². The molecule has 2 aromatic carbocycles. The van der Waals surface area contributed by atoms with Crippen LogP contribution in [0.15, 0.2) is 54.6 Å². The summed E-state index contributed by atoms with van der Waals surface area (Å²) >= 11 is 0. The van der Waals surface area contributed by atoms with Crippen molar-refractivity contribution in [2.45, 2.75) is 32.0 Å². The molecule has 160 valence electrons. The van der Waals surface area contributed by atoms with Crippen LogP contribution in [-0.2, 0) is 9.53 Å². The van der Waals surface area contributed by atoms with E-state index >= 15 is 0 Å². The zero-order valence-corrected chi connectivity index (χ0v) is 17.6. The van der Waals surface area contributed by atoms with Gasteiger partial charge in [-0.2, -0.15) is 0 Å². The average molecular weight is 420 g/mol. The molecule has 0 unspecified atom stereocenters. The summed E-state index contributed by atoms with van der Waals surface area (Å²) in [7, 11) is 1.97. The van der Waals surface area contributed by atoms with Crippen molar-refractivity contribution in [3.63, 3.8) is 0 Å². The number of para-hydroxylation sites is 1. The van der Waals surface area contributed by atoms with Crippen molar-refractivity contribution in [1.29, 1.82) is 0 Å². The lowest BCUT2D eigenvalue weighted by Crippen LogP contribution is -2.31. The fourth-order valence-electron chi connectivity index (χ4n) is 3.87. The number of carbonyl (C=O) groups is 1. The predicted molar refractivity (Wildman–Crippen MR) is 120 cm³/mol. The molecule has 2 atom stereocenters. The first-order valence-electron chi connectivity index (χ1n) is 10.4. The van der Waals surface area contributed by atoms with Crippen LogP contribution in [0.2, 0.25) is 0 Å². The number of aliphatic hydroxyl groups excluding tert-OH is 1. The summed E-state index contributed by atoms with van der Waals surface area (Å²) in [6.07, 6.45) is 2.85. The van der Waals surface area contributed by atoms with Gasteiger partial charge in [0.15, 0.2) is 0 Å². The van der Waals surface area contributed by atoms with Crippen LogP contribution in [-0.4, -0.2) is 41.9 Å². The van der Waals surface area contributed by atoms with Crippen LogP contribution < -0.4 is 4.90 Å². The van der Waals surface area contributed by atoms with Crippen LogP contribution in [0.1, 0.15) is 25.3 Å². The second kappa shape index (κ2) is 8.86. The van der Waals surface area contributed by atoms with Crippen LogP contribution in [0.3, 0.4) is 0 Å². The van der Waals surface area contributed by atoms with Gasteiger partial charge in [-0.25, -0.2) is 9.37 Å². The molecular formula is C25H25FN2O3. The van der Waals surface area contributed by atoms with E-state index in [0.29, 0.717) is 6.42 Å². The third kappa shape index (κ3) is 4.44. The quantitative estimate of drug-likeness (QED) is 0.613. The topological polar surface area (TPSA) is 62.7 Å². The number of halogens is 1. The lowest BCUT2D eigenvalue weighted by molar-refractivity contribution is -0.156. The zero-order chi connectivity index (χ0) is 22.0. The van der Waals surface area contributed by atoms with Crippen molar-refractivity contribution in [2.75, 3.05) is 18.5 Å². The molecule has 1 fully saturated rings. The lowest BCUT2D eigenvalue weighted by Gasteiger charge is -2.25. The van der Waals surface area contributed by atoms with Gasteiger partial charge in [0.05, 0.1) is 18.0 Å². The Kier molecular flexibility index (Phi) is 6.00. The number of nitrogens with zero attached hydrogens (tertiary/aromatic N) is 2. The molecule has 31 heavy (non-hydrogen) atoms. The minimum absolute atomic E-state index is 0.0204. The summed E-state index contributed by atoms with van der Waals surface area (Å²) in [4.78, 5) is 18.7. The number of aromatic nitrogens is 1. The first-order valence-corrected chi connectivity index (χ1v) is 10.4. The number of anilines is 1. The van der Waals surface area contributed by atoms with E-state index in [2.05, 4.69) is 0 Å². The van der Waals surface area contributed by atoms with E-state index in [4.69, 9.17) is 9.72 Å². The van der Waals surface area contributed by atoms with Crippen molar-refractivity contribution in [1.82, 2.24) is 4.98 Å². The molecule has 4 rings (SSSR count). The molecule has 0 amide bonds. The van der Waals surface area contributed by atoms with E-state index in [-0.39, 0.29) is 12.2 Å². The molecule has 0 bridgehead atoms. The smallest absolute Gasteiger partial charge is 0.309 e. The number of aliphatic hydroxyl groups is 1. The first kappa shape index (κ1) is 21.0. The summed E-state index contributed by atoms with van der Waals surface area (Å²) in [5.74, 6) is 0.0716. The Morgan fingerprint density at radius 3 is 2.68 bits per heavy atom. The molecule has 0 saturated carbocycles. The van der Waals surface area contributed by atoms with Gasteiger partial charge >= 0.3 is 5.97 Å². The van der Waals surface area contributed by atoms with Gasteiger partial charge in [-0.1, -0.05) is 36.4 Å². The van der Waals surface area contributed by atoms with Crippen LogP contribution in [0.4, 0.5) is 10.2 Å². The molecular weight excluding hydrogens is 395 g/mol. The molecule has 1 saturated heterocycles. The number of ether oxygens (including phenoxy) is 1. The van der Waals surface area contributed by atoms with Crippen LogP contribution in [0, 0.1) is 5.82 Å². The average Bonchev–Trinajstić information content (AvgIpc) is 2.76. The third-order valence-electron chi connectivity index (χ3n) is 5.55. The standard InChI is InChI=1S/C25H25FN2O3/c1-3-28(2)25-21(13-12-19-14-18(29)15-23(30)31-19)24(16-8-10-17(26)11-9-16)20-6-4-5-7-22(20)27-25/h4-13,18-19,29H,3,14-15H2,1-2H3/t18-,19-/m0/s1. The number of carbonyl (C=O) groups excluding carboxylic acids is 1. The first-order chi connectivity index (χ1) is 15.0. The molecule has 6 heteroatoms. The Balaban J connectivity index is 1.92. The Morgan fingerprint density at radius 2 is 1.97 bits per heavy atom. The second-order valence-electron chi connectivity index (χ2n) is 7.74. The van der Waals surface area contributed by atoms with Crippen LogP contribution >= 0.6 is 0 Å². The maximum Gasteiger partial charge on any atom is 0.309 e. The molecule has 3 aromatic rings. The predicted octanol–water partition coefficient (Wildman–Crippen LogP) is 4.58. The molecule has 2 heterocycles. The van der Waals surface area contributed by atoms with Crippen LogP contribution in [0.5, 0.6) is 0 Å². The maximum absolute atomic E-state index is 13.6. The number of esters is 1. The minimum atomic E-state index is -0.708. The number of rotatable bonds is 5. The van der Waals surface area contributed by atoms with E-state index < -0.39 is 18.2 Å². The van der Waals surface area contributed by atoms with Crippen LogP contribution in [0.25, 0.3) is 28.1 Å². The normalized spacial score (nSPS) is 19.0. The third-order valence-corrected chi connectivity index (χ3v) is 5.55. The SMILES string of the molecule is CCN(C)c1nc2ccccc2c(-c2ccc(F)cc2)c1C=C[C@H]1C[C@H](O)CC(=O)O1. The molecule has 1 aliphatic rings. The molecule has 1 N–H and O–H groups in total. The maximum atomic E-state index is 13.6. The Hall–Kier alpha value is -3.25. The highest BCUT2D eigenvalue weighted by Gasteiger charge is 2.26. The Labute approximate surface area is 180 Å². The molecule has 1 aromatic heterocycles. The highest BCUT2D eigenvalue weighted by atomic mass is 19.1. The molecule has 0 radical (unpaired) electrons. The summed E-state index contributed by atoms with van der Waals surface area (Å²) < 4.78 is 19.0. The summed E-state index contributed by atoms with van der Waals surface area (Å²) in [5.41, 5.74) is 3.49.